The molecule has 0 aliphatic heterocycles. The van der Waals surface area contributed by atoms with Crippen molar-refractivity contribution < 1.29 is 0 Å². The number of thiazole rings is 1. The maximum Gasteiger partial charge on any atom is 0.185 e. The molecule has 1 aromatic rings. The standard InChI is InChI=1S/C17H31N3S/c1-5-13(3)16-15(12-18-6-2)21-17(19-16)20(4)14-10-8-7-9-11-14/h13-14,18H,5-12H2,1-4H3. The Hall–Kier alpha value is -0.610. The summed E-state index contributed by atoms with van der Waals surface area (Å²) in [7, 11) is 2.24. The normalized spacial score (nSPS) is 17.9. The number of nitrogens with zero attached hydrogens (tertiary/aromatic N) is 2. The quantitative estimate of drug-likeness (QED) is 0.802. The van der Waals surface area contributed by atoms with Gasteiger partial charge in [-0.1, -0.05) is 40.0 Å². The Morgan fingerprint density at radius 3 is 2.62 bits per heavy atom. The van der Waals surface area contributed by atoms with Crippen molar-refractivity contribution in [2.45, 2.75) is 77.8 Å². The van der Waals surface area contributed by atoms with Gasteiger partial charge in [0.05, 0.1) is 5.69 Å². The van der Waals surface area contributed by atoms with Crippen LogP contribution in [0.3, 0.4) is 0 Å². The van der Waals surface area contributed by atoms with Crippen molar-refractivity contribution in [2.75, 3.05) is 18.5 Å². The van der Waals surface area contributed by atoms with Crippen molar-refractivity contribution in [2.24, 2.45) is 0 Å². The average molecular weight is 310 g/mol. The fourth-order valence-electron chi connectivity index (χ4n) is 3.07. The molecule has 1 unspecified atom stereocenters. The molecule has 0 saturated heterocycles. The van der Waals surface area contributed by atoms with Crippen LogP contribution in [-0.4, -0.2) is 24.6 Å². The molecule has 0 amide bonds. The van der Waals surface area contributed by atoms with E-state index in [9.17, 15) is 0 Å². The second-order valence-corrected chi connectivity index (χ2v) is 7.36. The van der Waals surface area contributed by atoms with Gasteiger partial charge in [-0.15, -0.1) is 11.3 Å². The van der Waals surface area contributed by atoms with E-state index in [0.717, 1.165) is 19.5 Å². The van der Waals surface area contributed by atoms with Gasteiger partial charge < -0.3 is 10.2 Å². The Morgan fingerprint density at radius 2 is 2.00 bits per heavy atom. The summed E-state index contributed by atoms with van der Waals surface area (Å²) in [6.07, 6.45) is 7.99. The van der Waals surface area contributed by atoms with E-state index < -0.39 is 0 Å². The lowest BCUT2D eigenvalue weighted by atomic mass is 9.95. The Morgan fingerprint density at radius 1 is 1.29 bits per heavy atom. The van der Waals surface area contributed by atoms with E-state index >= 15 is 0 Å². The van der Waals surface area contributed by atoms with E-state index in [1.165, 1.54) is 47.8 Å². The minimum absolute atomic E-state index is 0.559. The van der Waals surface area contributed by atoms with Gasteiger partial charge in [-0.2, -0.15) is 0 Å². The van der Waals surface area contributed by atoms with E-state index in [0.29, 0.717) is 12.0 Å². The molecule has 1 saturated carbocycles. The van der Waals surface area contributed by atoms with Crippen LogP contribution in [0.2, 0.25) is 0 Å². The Bertz CT molecular complexity index is 424. The summed E-state index contributed by atoms with van der Waals surface area (Å²) in [5, 5.41) is 4.69. The van der Waals surface area contributed by atoms with Gasteiger partial charge in [0.1, 0.15) is 0 Å². The molecule has 120 valence electrons. The van der Waals surface area contributed by atoms with Gasteiger partial charge in [0, 0.05) is 24.5 Å². The summed E-state index contributed by atoms with van der Waals surface area (Å²) >= 11 is 1.90. The Kier molecular flexibility index (Phi) is 6.49. The number of hydrogen-bond donors (Lipinski definition) is 1. The van der Waals surface area contributed by atoms with Crippen LogP contribution in [0.25, 0.3) is 0 Å². The summed E-state index contributed by atoms with van der Waals surface area (Å²) in [5.74, 6) is 0.559. The predicted octanol–water partition coefficient (Wildman–Crippen LogP) is 4.54. The smallest absolute Gasteiger partial charge is 0.185 e. The third-order valence-corrected chi connectivity index (χ3v) is 5.92. The monoisotopic (exact) mass is 309 g/mol. The first-order chi connectivity index (χ1) is 10.2. The first-order valence-corrected chi connectivity index (χ1v) is 9.42. The minimum Gasteiger partial charge on any atom is -0.348 e. The lowest BCUT2D eigenvalue weighted by molar-refractivity contribution is 0.427. The van der Waals surface area contributed by atoms with Gasteiger partial charge in [0.25, 0.3) is 0 Å². The highest BCUT2D eigenvalue weighted by atomic mass is 32.1. The van der Waals surface area contributed by atoms with Crippen LogP contribution in [0, 0.1) is 0 Å². The lowest BCUT2D eigenvalue weighted by Gasteiger charge is -2.30. The molecule has 4 heteroatoms. The lowest BCUT2D eigenvalue weighted by Crippen LogP contribution is -2.33. The molecular weight excluding hydrogens is 278 g/mol. The van der Waals surface area contributed by atoms with Crippen molar-refractivity contribution in [1.82, 2.24) is 10.3 Å². The van der Waals surface area contributed by atoms with E-state index in [2.05, 4.69) is 38.0 Å². The summed E-state index contributed by atoms with van der Waals surface area (Å²) in [5.41, 5.74) is 1.32. The van der Waals surface area contributed by atoms with E-state index in [4.69, 9.17) is 4.98 Å². The molecule has 1 heterocycles. The predicted molar refractivity (Wildman–Crippen MR) is 93.5 cm³/mol. The average Bonchev–Trinajstić information content (AvgIpc) is 2.96. The number of nitrogens with one attached hydrogen (secondary N) is 1. The van der Waals surface area contributed by atoms with Crippen molar-refractivity contribution in [3.05, 3.63) is 10.6 Å². The molecule has 0 radical (unpaired) electrons. The Labute approximate surface area is 134 Å². The van der Waals surface area contributed by atoms with Crippen LogP contribution in [0.15, 0.2) is 0 Å². The summed E-state index contributed by atoms with van der Waals surface area (Å²) < 4.78 is 0. The van der Waals surface area contributed by atoms with E-state index in [-0.39, 0.29) is 0 Å². The molecule has 21 heavy (non-hydrogen) atoms. The summed E-state index contributed by atoms with van der Waals surface area (Å²) in [6, 6.07) is 0.696. The highest BCUT2D eigenvalue weighted by molar-refractivity contribution is 7.15. The molecule has 1 aliphatic carbocycles. The highest BCUT2D eigenvalue weighted by Gasteiger charge is 2.23. The molecule has 1 aliphatic rings. The second-order valence-electron chi connectivity index (χ2n) is 6.30. The SMILES string of the molecule is CCNCc1sc(N(C)C2CCCCC2)nc1C(C)CC. The maximum atomic E-state index is 5.01. The maximum absolute atomic E-state index is 5.01. The third-order valence-electron chi connectivity index (χ3n) is 4.76. The van der Waals surface area contributed by atoms with Crippen LogP contribution in [-0.2, 0) is 6.54 Å². The van der Waals surface area contributed by atoms with Crippen LogP contribution < -0.4 is 10.2 Å². The van der Waals surface area contributed by atoms with Crippen molar-refractivity contribution >= 4 is 16.5 Å². The molecule has 2 rings (SSSR count). The number of rotatable bonds is 7. The third kappa shape index (κ3) is 4.19. The van der Waals surface area contributed by atoms with Gasteiger partial charge in [-0.05, 0) is 31.7 Å². The van der Waals surface area contributed by atoms with Crippen molar-refractivity contribution in [3.8, 4) is 0 Å². The van der Waals surface area contributed by atoms with Gasteiger partial charge in [0.2, 0.25) is 0 Å². The van der Waals surface area contributed by atoms with Crippen LogP contribution in [0.5, 0.6) is 0 Å². The van der Waals surface area contributed by atoms with Gasteiger partial charge in [-0.3, -0.25) is 0 Å². The molecular formula is C17H31N3S. The van der Waals surface area contributed by atoms with Gasteiger partial charge in [-0.25, -0.2) is 4.98 Å². The first kappa shape index (κ1) is 16.8. The highest BCUT2D eigenvalue weighted by Crippen LogP contribution is 2.34. The van der Waals surface area contributed by atoms with Crippen LogP contribution >= 0.6 is 11.3 Å². The molecule has 0 spiro atoms. The molecule has 0 bridgehead atoms. The fourth-order valence-corrected chi connectivity index (χ4v) is 4.25. The molecule has 3 nitrogen and oxygen atoms in total. The largest absolute Gasteiger partial charge is 0.348 e. The number of aromatic nitrogens is 1. The number of hydrogen-bond acceptors (Lipinski definition) is 4. The number of anilines is 1. The zero-order valence-electron chi connectivity index (χ0n) is 14.1. The second kappa shape index (κ2) is 8.14. The van der Waals surface area contributed by atoms with Crippen molar-refractivity contribution in [3.63, 3.8) is 0 Å². The fraction of sp³-hybridized carbons (Fsp3) is 0.824. The zero-order chi connectivity index (χ0) is 15.2. The first-order valence-electron chi connectivity index (χ1n) is 8.60. The molecule has 1 N–H and O–H groups in total. The van der Waals surface area contributed by atoms with E-state index in [1.807, 2.05) is 11.3 Å². The van der Waals surface area contributed by atoms with Crippen LogP contribution in [0.1, 0.15) is 75.8 Å². The molecule has 1 fully saturated rings. The summed E-state index contributed by atoms with van der Waals surface area (Å²) in [4.78, 5) is 8.90. The molecule has 1 aromatic heterocycles. The van der Waals surface area contributed by atoms with Crippen molar-refractivity contribution in [1.29, 1.82) is 0 Å². The minimum atomic E-state index is 0.559. The van der Waals surface area contributed by atoms with Gasteiger partial charge >= 0.3 is 0 Å². The summed E-state index contributed by atoms with van der Waals surface area (Å²) in [6.45, 7) is 8.71. The van der Waals surface area contributed by atoms with Crippen LogP contribution in [0.4, 0.5) is 5.13 Å². The van der Waals surface area contributed by atoms with Gasteiger partial charge in [0.15, 0.2) is 5.13 Å². The molecule has 0 aromatic carbocycles. The zero-order valence-corrected chi connectivity index (χ0v) is 14.9. The topological polar surface area (TPSA) is 28.2 Å². The van der Waals surface area contributed by atoms with E-state index in [1.54, 1.807) is 0 Å². The molecule has 1 atom stereocenters. The Balaban J connectivity index is 2.16.